The Morgan fingerprint density at radius 3 is 2.72 bits per heavy atom. The topological polar surface area (TPSA) is 49.3 Å². The lowest BCUT2D eigenvalue weighted by Crippen LogP contribution is -2.20. The minimum Gasteiger partial charge on any atom is -0.481 e. The van der Waals surface area contributed by atoms with Crippen LogP contribution in [0.4, 0.5) is 0 Å². The molecule has 0 aliphatic rings. The van der Waals surface area contributed by atoms with E-state index in [-0.39, 0.29) is 12.5 Å². The molecule has 2 N–H and O–H groups in total. The molecule has 0 bridgehead atoms. The van der Waals surface area contributed by atoms with E-state index < -0.39 is 5.97 Å². The average Bonchev–Trinajstić information content (AvgIpc) is 2.27. The largest absolute Gasteiger partial charge is 0.481 e. The minimum atomic E-state index is -0.746. The predicted molar refractivity (Wildman–Crippen MR) is 74.4 cm³/mol. The Morgan fingerprint density at radius 2 is 2.11 bits per heavy atom. The van der Waals surface area contributed by atoms with Crippen LogP contribution in [0.5, 0.6) is 0 Å². The molecule has 0 saturated carbocycles. The SMILES string of the molecule is C[C@H](NCCCCC(=O)O)c1ccc(Cl)cc1Cl. The first-order valence-electron chi connectivity index (χ1n) is 5.91. The Labute approximate surface area is 117 Å². The van der Waals surface area contributed by atoms with Crippen LogP contribution in [0, 0.1) is 0 Å². The summed E-state index contributed by atoms with van der Waals surface area (Å²) in [6.07, 6.45) is 1.74. The van der Waals surface area contributed by atoms with Gasteiger partial charge in [-0.05, 0) is 44.0 Å². The highest BCUT2D eigenvalue weighted by Crippen LogP contribution is 2.25. The number of carboxylic acid groups (broad SMARTS) is 1. The summed E-state index contributed by atoms with van der Waals surface area (Å²) in [7, 11) is 0. The van der Waals surface area contributed by atoms with Crippen LogP contribution in [0.1, 0.15) is 37.8 Å². The van der Waals surface area contributed by atoms with E-state index in [0.29, 0.717) is 16.5 Å². The standard InChI is InChI=1S/C13H17Cl2NO2/c1-9(16-7-3-2-4-13(17)18)11-6-5-10(14)8-12(11)15/h5-6,8-9,16H,2-4,7H2,1H3,(H,17,18)/t9-/m0/s1. The van der Waals surface area contributed by atoms with Crippen molar-refractivity contribution in [1.82, 2.24) is 5.32 Å². The maximum Gasteiger partial charge on any atom is 0.303 e. The van der Waals surface area contributed by atoms with E-state index in [2.05, 4.69) is 5.32 Å². The van der Waals surface area contributed by atoms with E-state index in [1.165, 1.54) is 0 Å². The third-order valence-electron chi connectivity index (χ3n) is 2.70. The molecule has 100 valence electrons. The Bertz CT molecular complexity index is 410. The first-order chi connectivity index (χ1) is 8.50. The van der Waals surface area contributed by atoms with E-state index in [0.717, 1.165) is 18.5 Å². The number of nitrogens with one attached hydrogen (secondary N) is 1. The van der Waals surface area contributed by atoms with Gasteiger partial charge in [-0.15, -0.1) is 0 Å². The molecule has 0 aromatic heterocycles. The lowest BCUT2D eigenvalue weighted by atomic mass is 10.1. The Morgan fingerprint density at radius 1 is 1.39 bits per heavy atom. The van der Waals surface area contributed by atoms with Crippen molar-refractivity contribution in [3.63, 3.8) is 0 Å². The highest BCUT2D eigenvalue weighted by atomic mass is 35.5. The molecule has 0 aliphatic carbocycles. The number of hydrogen-bond acceptors (Lipinski definition) is 2. The summed E-state index contributed by atoms with van der Waals surface area (Å²) in [4.78, 5) is 10.3. The molecule has 0 saturated heterocycles. The van der Waals surface area contributed by atoms with Crippen LogP contribution in [0.15, 0.2) is 18.2 Å². The molecule has 3 nitrogen and oxygen atoms in total. The number of hydrogen-bond donors (Lipinski definition) is 2. The van der Waals surface area contributed by atoms with Gasteiger partial charge in [-0.2, -0.15) is 0 Å². The summed E-state index contributed by atoms with van der Waals surface area (Å²) in [5.74, 6) is -0.746. The molecule has 1 atom stereocenters. The first kappa shape index (κ1) is 15.3. The van der Waals surface area contributed by atoms with Crippen LogP contribution in [-0.4, -0.2) is 17.6 Å². The molecule has 0 radical (unpaired) electrons. The molecule has 1 aromatic rings. The van der Waals surface area contributed by atoms with Crippen molar-refractivity contribution in [2.24, 2.45) is 0 Å². The fourth-order valence-electron chi connectivity index (χ4n) is 1.68. The third-order valence-corrected chi connectivity index (χ3v) is 3.26. The Balaban J connectivity index is 2.36. The Hall–Kier alpha value is -0.770. The number of unbranched alkanes of at least 4 members (excludes halogenated alkanes) is 1. The van der Waals surface area contributed by atoms with Gasteiger partial charge < -0.3 is 10.4 Å². The van der Waals surface area contributed by atoms with Gasteiger partial charge in [-0.1, -0.05) is 29.3 Å². The molecule has 0 amide bonds. The number of carboxylic acids is 1. The first-order valence-corrected chi connectivity index (χ1v) is 6.66. The van der Waals surface area contributed by atoms with Crippen molar-refractivity contribution in [2.45, 2.75) is 32.2 Å². The molecule has 1 rings (SSSR count). The van der Waals surface area contributed by atoms with Crippen LogP contribution in [0.3, 0.4) is 0 Å². The van der Waals surface area contributed by atoms with Gasteiger partial charge in [0.2, 0.25) is 0 Å². The lowest BCUT2D eigenvalue weighted by Gasteiger charge is -2.15. The molecular formula is C13H17Cl2NO2. The van der Waals surface area contributed by atoms with Crippen molar-refractivity contribution in [3.8, 4) is 0 Å². The summed E-state index contributed by atoms with van der Waals surface area (Å²) in [5, 5.41) is 13.1. The van der Waals surface area contributed by atoms with Gasteiger partial charge in [0.05, 0.1) is 0 Å². The molecule has 1 aromatic carbocycles. The summed E-state index contributed by atoms with van der Waals surface area (Å²) < 4.78 is 0. The molecular weight excluding hydrogens is 273 g/mol. The quantitative estimate of drug-likeness (QED) is 0.749. The average molecular weight is 290 g/mol. The summed E-state index contributed by atoms with van der Waals surface area (Å²) in [6.45, 7) is 2.79. The number of halogens is 2. The molecule has 0 unspecified atom stereocenters. The maximum atomic E-state index is 10.3. The molecule has 0 heterocycles. The van der Waals surface area contributed by atoms with Crippen LogP contribution < -0.4 is 5.32 Å². The van der Waals surface area contributed by atoms with Crippen molar-refractivity contribution in [3.05, 3.63) is 33.8 Å². The van der Waals surface area contributed by atoms with Crippen LogP contribution in [0.25, 0.3) is 0 Å². The lowest BCUT2D eigenvalue weighted by molar-refractivity contribution is -0.137. The van der Waals surface area contributed by atoms with Gasteiger partial charge in [0, 0.05) is 22.5 Å². The van der Waals surface area contributed by atoms with Crippen LogP contribution >= 0.6 is 23.2 Å². The summed E-state index contributed by atoms with van der Waals surface area (Å²) in [6, 6.07) is 5.56. The third kappa shape index (κ3) is 5.25. The van der Waals surface area contributed by atoms with Crippen molar-refractivity contribution < 1.29 is 9.90 Å². The number of carbonyl (C=O) groups is 1. The van der Waals surface area contributed by atoms with Crippen molar-refractivity contribution in [1.29, 1.82) is 0 Å². The highest BCUT2D eigenvalue weighted by Gasteiger charge is 2.09. The second kappa shape index (κ2) is 7.62. The molecule has 0 spiro atoms. The zero-order chi connectivity index (χ0) is 13.5. The van der Waals surface area contributed by atoms with Gasteiger partial charge in [0.15, 0.2) is 0 Å². The highest BCUT2D eigenvalue weighted by molar-refractivity contribution is 6.35. The van der Waals surface area contributed by atoms with Gasteiger partial charge in [0.1, 0.15) is 0 Å². The van der Waals surface area contributed by atoms with Crippen LogP contribution in [-0.2, 0) is 4.79 Å². The summed E-state index contributed by atoms with van der Waals surface area (Å²) in [5.41, 5.74) is 0.999. The van der Waals surface area contributed by atoms with Crippen molar-refractivity contribution >= 4 is 29.2 Å². The fourth-order valence-corrected chi connectivity index (χ4v) is 2.25. The molecule has 5 heteroatoms. The zero-order valence-corrected chi connectivity index (χ0v) is 11.8. The monoisotopic (exact) mass is 289 g/mol. The zero-order valence-electron chi connectivity index (χ0n) is 10.2. The van der Waals surface area contributed by atoms with Gasteiger partial charge in [0.25, 0.3) is 0 Å². The van der Waals surface area contributed by atoms with Gasteiger partial charge in [-0.3, -0.25) is 4.79 Å². The van der Waals surface area contributed by atoms with Gasteiger partial charge >= 0.3 is 5.97 Å². The van der Waals surface area contributed by atoms with E-state index >= 15 is 0 Å². The van der Waals surface area contributed by atoms with E-state index in [1.54, 1.807) is 6.07 Å². The fraction of sp³-hybridized carbons (Fsp3) is 0.462. The molecule has 18 heavy (non-hydrogen) atoms. The number of rotatable bonds is 7. The molecule has 0 aliphatic heterocycles. The van der Waals surface area contributed by atoms with Crippen molar-refractivity contribution in [2.75, 3.05) is 6.54 Å². The van der Waals surface area contributed by atoms with E-state index in [4.69, 9.17) is 28.3 Å². The van der Waals surface area contributed by atoms with Crippen LogP contribution in [0.2, 0.25) is 10.0 Å². The Kier molecular flexibility index (Phi) is 6.47. The number of benzene rings is 1. The normalized spacial score (nSPS) is 12.4. The predicted octanol–water partition coefficient (Wildman–Crippen LogP) is 3.90. The van der Waals surface area contributed by atoms with E-state index in [9.17, 15) is 4.79 Å². The second-order valence-corrected chi connectivity index (χ2v) is 5.04. The minimum absolute atomic E-state index is 0.125. The molecule has 0 fully saturated rings. The van der Waals surface area contributed by atoms with Gasteiger partial charge in [-0.25, -0.2) is 0 Å². The number of aliphatic carboxylic acids is 1. The second-order valence-electron chi connectivity index (χ2n) is 4.19. The maximum absolute atomic E-state index is 10.3. The van der Waals surface area contributed by atoms with E-state index in [1.807, 2.05) is 19.1 Å². The summed E-state index contributed by atoms with van der Waals surface area (Å²) >= 11 is 11.9. The smallest absolute Gasteiger partial charge is 0.303 e.